The highest BCUT2D eigenvalue weighted by atomic mass is 16.3. The summed E-state index contributed by atoms with van der Waals surface area (Å²) >= 11 is 0. The predicted molar refractivity (Wildman–Crippen MR) is 138 cm³/mol. The molecule has 8 nitrogen and oxygen atoms in total. The van der Waals surface area contributed by atoms with Gasteiger partial charge in [0, 0.05) is 12.1 Å². The summed E-state index contributed by atoms with van der Waals surface area (Å²) in [7, 11) is 0. The van der Waals surface area contributed by atoms with Crippen molar-refractivity contribution in [2.24, 2.45) is 0 Å². The van der Waals surface area contributed by atoms with Crippen LogP contribution in [-0.2, 0) is 22.6 Å². The number of carbonyl (C=O) groups is 2. The molecule has 8 heteroatoms. The van der Waals surface area contributed by atoms with Crippen LogP contribution in [-0.4, -0.2) is 43.8 Å². The number of rotatable bonds is 8. The van der Waals surface area contributed by atoms with Gasteiger partial charge in [-0.15, -0.1) is 5.10 Å². The Kier molecular flexibility index (Phi) is 7.24. The quantitative estimate of drug-likeness (QED) is 0.398. The molecule has 0 aliphatic rings. The Balaban J connectivity index is 1.71. The first kappa shape index (κ1) is 25.2. The molecule has 0 saturated carbocycles. The van der Waals surface area contributed by atoms with Crippen LogP contribution in [0.25, 0.3) is 11.0 Å². The number of aryl methyl sites for hydroxylation is 2. The average Bonchev–Trinajstić information content (AvgIpc) is 3.42. The smallest absolute Gasteiger partial charge is 0.251 e. The highest BCUT2D eigenvalue weighted by molar-refractivity contribution is 5.89. The summed E-state index contributed by atoms with van der Waals surface area (Å²) in [6, 6.07) is 18.2. The number of carbonyl (C=O) groups excluding carboxylic acids is 2. The van der Waals surface area contributed by atoms with Crippen molar-refractivity contribution in [1.82, 2.24) is 25.2 Å². The van der Waals surface area contributed by atoms with Crippen LogP contribution in [0.1, 0.15) is 49.5 Å². The molecule has 188 valence electrons. The van der Waals surface area contributed by atoms with Gasteiger partial charge in [-0.25, -0.2) is 4.68 Å². The standard InChI is InChI=1S/C28H33N5O3/c1-19-10-6-7-11-21(19)16-17-32(25(34)18-33-23-13-9-8-12-22(23)30-31-33)26(24-15-14-20(2)36-24)27(35)29-28(3,4)5/h6-15,26H,16-18H2,1-5H3,(H,29,35). The molecule has 1 N–H and O–H groups in total. The van der Waals surface area contributed by atoms with Gasteiger partial charge in [0.1, 0.15) is 23.6 Å². The number of para-hydroxylation sites is 1. The highest BCUT2D eigenvalue weighted by Gasteiger charge is 2.35. The summed E-state index contributed by atoms with van der Waals surface area (Å²) in [5.74, 6) is 0.559. The first-order valence-electron chi connectivity index (χ1n) is 12.1. The van der Waals surface area contributed by atoms with E-state index in [2.05, 4.69) is 15.6 Å². The molecule has 4 rings (SSSR count). The van der Waals surface area contributed by atoms with Crippen molar-refractivity contribution in [3.63, 3.8) is 0 Å². The van der Waals surface area contributed by atoms with Gasteiger partial charge in [-0.2, -0.15) is 0 Å². The lowest BCUT2D eigenvalue weighted by atomic mass is 10.0. The fourth-order valence-corrected chi connectivity index (χ4v) is 4.25. The molecular formula is C28H33N5O3. The van der Waals surface area contributed by atoms with Crippen LogP contribution in [0, 0.1) is 13.8 Å². The van der Waals surface area contributed by atoms with Crippen LogP contribution in [0.2, 0.25) is 0 Å². The van der Waals surface area contributed by atoms with Crippen LogP contribution in [0.4, 0.5) is 0 Å². The summed E-state index contributed by atoms with van der Waals surface area (Å²) in [6.07, 6.45) is 0.593. The fourth-order valence-electron chi connectivity index (χ4n) is 4.25. The molecule has 0 bridgehead atoms. The maximum Gasteiger partial charge on any atom is 0.251 e. The minimum atomic E-state index is -0.927. The van der Waals surface area contributed by atoms with Crippen molar-refractivity contribution in [2.75, 3.05) is 6.54 Å². The van der Waals surface area contributed by atoms with E-state index in [1.54, 1.807) is 15.6 Å². The van der Waals surface area contributed by atoms with E-state index in [0.717, 1.165) is 16.6 Å². The zero-order valence-electron chi connectivity index (χ0n) is 21.5. The number of hydrogen-bond donors (Lipinski definition) is 1. The number of fused-ring (bicyclic) bond motifs is 1. The van der Waals surface area contributed by atoms with Gasteiger partial charge >= 0.3 is 0 Å². The van der Waals surface area contributed by atoms with E-state index in [4.69, 9.17) is 4.42 Å². The van der Waals surface area contributed by atoms with E-state index in [1.807, 2.05) is 89.2 Å². The Labute approximate surface area is 211 Å². The molecule has 1 atom stereocenters. The zero-order chi connectivity index (χ0) is 25.9. The number of hydrogen-bond acceptors (Lipinski definition) is 5. The molecule has 1 unspecified atom stereocenters. The lowest BCUT2D eigenvalue weighted by molar-refractivity contribution is -0.142. The van der Waals surface area contributed by atoms with Gasteiger partial charge in [0.25, 0.3) is 5.91 Å². The Bertz CT molecular complexity index is 1360. The van der Waals surface area contributed by atoms with Crippen molar-refractivity contribution in [1.29, 1.82) is 0 Å². The lowest BCUT2D eigenvalue weighted by Crippen LogP contribution is -2.50. The third-order valence-electron chi connectivity index (χ3n) is 6.00. The van der Waals surface area contributed by atoms with Crippen LogP contribution < -0.4 is 5.32 Å². The minimum absolute atomic E-state index is 0.0483. The molecule has 2 aromatic heterocycles. The third kappa shape index (κ3) is 5.82. The molecule has 0 saturated heterocycles. The number of benzene rings is 2. The fraction of sp³-hybridized carbons (Fsp3) is 0.357. The van der Waals surface area contributed by atoms with Crippen LogP contribution in [0.3, 0.4) is 0 Å². The Morgan fingerprint density at radius 2 is 1.75 bits per heavy atom. The number of furan rings is 1. The monoisotopic (exact) mass is 487 g/mol. The van der Waals surface area contributed by atoms with Crippen LogP contribution in [0.15, 0.2) is 65.1 Å². The summed E-state index contributed by atoms with van der Waals surface area (Å²) in [4.78, 5) is 29.1. The minimum Gasteiger partial charge on any atom is -0.464 e. The van der Waals surface area contributed by atoms with E-state index in [0.29, 0.717) is 30.0 Å². The number of nitrogens with zero attached hydrogens (tertiary/aromatic N) is 4. The molecule has 2 aromatic carbocycles. The topological polar surface area (TPSA) is 93.3 Å². The summed E-state index contributed by atoms with van der Waals surface area (Å²) in [6.45, 7) is 9.89. The molecule has 2 amide bonds. The maximum atomic E-state index is 13.9. The van der Waals surface area contributed by atoms with Gasteiger partial charge < -0.3 is 14.6 Å². The highest BCUT2D eigenvalue weighted by Crippen LogP contribution is 2.26. The SMILES string of the molecule is Cc1ccc(C(C(=O)NC(C)(C)C)N(CCc2ccccc2C)C(=O)Cn2nnc3ccccc32)o1. The van der Waals surface area contributed by atoms with Gasteiger partial charge in [0.2, 0.25) is 5.91 Å². The van der Waals surface area contributed by atoms with E-state index >= 15 is 0 Å². The van der Waals surface area contributed by atoms with E-state index < -0.39 is 11.6 Å². The molecule has 0 radical (unpaired) electrons. The van der Waals surface area contributed by atoms with Crippen molar-refractivity contribution in [3.05, 3.63) is 83.3 Å². The van der Waals surface area contributed by atoms with Crippen LogP contribution in [0.5, 0.6) is 0 Å². The van der Waals surface area contributed by atoms with Gasteiger partial charge in [-0.05, 0) is 76.4 Å². The molecule has 0 aliphatic heterocycles. The Morgan fingerprint density at radius 1 is 1.03 bits per heavy atom. The number of nitrogens with one attached hydrogen (secondary N) is 1. The van der Waals surface area contributed by atoms with Gasteiger partial charge in [-0.3, -0.25) is 9.59 Å². The molecule has 0 aliphatic carbocycles. The number of amides is 2. The van der Waals surface area contributed by atoms with E-state index in [1.165, 1.54) is 0 Å². The van der Waals surface area contributed by atoms with E-state index in [-0.39, 0.29) is 18.4 Å². The third-order valence-corrected chi connectivity index (χ3v) is 6.00. The van der Waals surface area contributed by atoms with Crippen LogP contribution >= 0.6 is 0 Å². The molecule has 0 spiro atoms. The van der Waals surface area contributed by atoms with Gasteiger partial charge in [0.15, 0.2) is 6.04 Å². The summed E-state index contributed by atoms with van der Waals surface area (Å²) in [5.41, 5.74) is 3.24. The normalized spacial score (nSPS) is 12.5. The van der Waals surface area contributed by atoms with Crippen molar-refractivity contribution >= 4 is 22.8 Å². The molecule has 2 heterocycles. The second-order valence-electron chi connectivity index (χ2n) is 10.1. The summed E-state index contributed by atoms with van der Waals surface area (Å²) in [5, 5.41) is 11.4. The summed E-state index contributed by atoms with van der Waals surface area (Å²) < 4.78 is 7.48. The largest absolute Gasteiger partial charge is 0.464 e. The predicted octanol–water partition coefficient (Wildman–Crippen LogP) is 4.37. The molecule has 0 fully saturated rings. The van der Waals surface area contributed by atoms with Gasteiger partial charge in [0.05, 0.1) is 5.52 Å². The lowest BCUT2D eigenvalue weighted by Gasteiger charge is -2.32. The average molecular weight is 488 g/mol. The van der Waals surface area contributed by atoms with E-state index in [9.17, 15) is 9.59 Å². The number of aromatic nitrogens is 3. The zero-order valence-corrected chi connectivity index (χ0v) is 21.5. The van der Waals surface area contributed by atoms with Crippen molar-refractivity contribution in [3.8, 4) is 0 Å². The second-order valence-corrected chi connectivity index (χ2v) is 10.1. The Morgan fingerprint density at radius 3 is 2.44 bits per heavy atom. The molecular weight excluding hydrogens is 454 g/mol. The molecule has 4 aromatic rings. The van der Waals surface area contributed by atoms with Crippen molar-refractivity contribution < 1.29 is 14.0 Å². The first-order valence-corrected chi connectivity index (χ1v) is 12.1. The Hall–Kier alpha value is -3.94. The first-order chi connectivity index (χ1) is 17.1. The maximum absolute atomic E-state index is 13.9. The second kappa shape index (κ2) is 10.4. The van der Waals surface area contributed by atoms with Gasteiger partial charge in [-0.1, -0.05) is 41.6 Å². The molecule has 36 heavy (non-hydrogen) atoms. The van der Waals surface area contributed by atoms with Crippen molar-refractivity contribution in [2.45, 2.75) is 59.2 Å².